The van der Waals surface area contributed by atoms with Crippen LogP contribution in [0.4, 0.5) is 4.39 Å². The first-order chi connectivity index (χ1) is 5.86. The molecule has 2 rings (SSSR count). The number of para-hydroxylation sites is 1. The van der Waals surface area contributed by atoms with E-state index in [-0.39, 0.29) is 0 Å². The molecule has 0 bridgehead atoms. The molecule has 1 aromatic carbocycles. The molecule has 0 spiro atoms. The summed E-state index contributed by atoms with van der Waals surface area (Å²) < 4.78 is 13.8. The summed E-state index contributed by atoms with van der Waals surface area (Å²) >= 11 is 0. The Hall–Kier alpha value is -1.71. The van der Waals surface area contributed by atoms with Crippen LogP contribution in [0, 0.1) is 5.95 Å². The summed E-state index contributed by atoms with van der Waals surface area (Å²) in [5.41, 5.74) is 0.800. The predicted octanol–water partition coefficient (Wildman–Crippen LogP) is 1.41. The summed E-state index contributed by atoms with van der Waals surface area (Å²) in [6, 6.07) is 9.25. The highest BCUT2D eigenvalue weighted by Gasteiger charge is 1.98. The number of nitrogens with zero attached hydrogens (tertiary/aromatic N) is 3. The van der Waals surface area contributed by atoms with E-state index >= 15 is 0 Å². The zero-order valence-electron chi connectivity index (χ0n) is 6.18. The van der Waals surface area contributed by atoms with E-state index in [0.29, 0.717) is 0 Å². The standard InChI is InChI=1S/C8H6FN3/c9-8-6-12(11-10-8)7-4-2-1-3-5-7/h1-6H. The van der Waals surface area contributed by atoms with Crippen molar-refractivity contribution in [2.75, 3.05) is 0 Å². The zero-order valence-corrected chi connectivity index (χ0v) is 6.18. The second kappa shape index (κ2) is 2.73. The third-order valence-corrected chi connectivity index (χ3v) is 1.49. The molecule has 0 unspecified atom stereocenters. The maximum Gasteiger partial charge on any atom is 0.253 e. The minimum Gasteiger partial charge on any atom is -0.218 e. The average molecular weight is 163 g/mol. The molecule has 0 aliphatic heterocycles. The van der Waals surface area contributed by atoms with Crippen molar-refractivity contribution in [1.29, 1.82) is 0 Å². The van der Waals surface area contributed by atoms with Crippen molar-refractivity contribution in [3.63, 3.8) is 0 Å². The molecule has 60 valence electrons. The van der Waals surface area contributed by atoms with Crippen molar-refractivity contribution in [2.45, 2.75) is 0 Å². The van der Waals surface area contributed by atoms with Gasteiger partial charge in [0, 0.05) is 0 Å². The van der Waals surface area contributed by atoms with E-state index in [0.717, 1.165) is 5.69 Å². The Kier molecular flexibility index (Phi) is 1.59. The minimum absolute atomic E-state index is 0.571. The Labute approximate surface area is 68.4 Å². The van der Waals surface area contributed by atoms with Gasteiger partial charge in [-0.2, -0.15) is 4.39 Å². The highest BCUT2D eigenvalue weighted by molar-refractivity contribution is 5.29. The fourth-order valence-electron chi connectivity index (χ4n) is 0.950. The summed E-state index contributed by atoms with van der Waals surface area (Å²) in [4.78, 5) is 0. The van der Waals surface area contributed by atoms with Gasteiger partial charge < -0.3 is 0 Å². The van der Waals surface area contributed by atoms with E-state index in [9.17, 15) is 4.39 Å². The van der Waals surface area contributed by atoms with Crippen LogP contribution in [0.25, 0.3) is 5.69 Å². The monoisotopic (exact) mass is 163 g/mol. The van der Waals surface area contributed by atoms with Crippen LogP contribution in [0.3, 0.4) is 0 Å². The van der Waals surface area contributed by atoms with Gasteiger partial charge in [-0.15, -0.1) is 0 Å². The molecule has 0 radical (unpaired) electrons. The van der Waals surface area contributed by atoms with Crippen molar-refractivity contribution in [3.8, 4) is 5.69 Å². The van der Waals surface area contributed by atoms with Gasteiger partial charge in [0.25, 0.3) is 5.95 Å². The van der Waals surface area contributed by atoms with Gasteiger partial charge in [-0.3, -0.25) is 0 Å². The summed E-state index contributed by atoms with van der Waals surface area (Å²) in [6.07, 6.45) is 1.23. The summed E-state index contributed by atoms with van der Waals surface area (Å²) in [7, 11) is 0. The predicted molar refractivity (Wildman–Crippen MR) is 41.3 cm³/mol. The molecule has 1 aromatic heterocycles. The lowest BCUT2D eigenvalue weighted by Gasteiger charge is -1.96. The first kappa shape index (κ1) is 6.97. The lowest BCUT2D eigenvalue weighted by Crippen LogP contribution is -1.93. The van der Waals surface area contributed by atoms with Gasteiger partial charge in [0.1, 0.15) is 0 Å². The van der Waals surface area contributed by atoms with Crippen molar-refractivity contribution >= 4 is 0 Å². The number of rotatable bonds is 1. The van der Waals surface area contributed by atoms with Crippen LogP contribution >= 0.6 is 0 Å². The zero-order chi connectivity index (χ0) is 8.39. The first-order valence-corrected chi connectivity index (χ1v) is 3.49. The molecule has 1 heterocycles. The topological polar surface area (TPSA) is 30.7 Å². The minimum atomic E-state index is -0.571. The van der Waals surface area contributed by atoms with E-state index in [4.69, 9.17) is 0 Å². The molecular formula is C8H6FN3. The Bertz CT molecular complexity index is 369. The van der Waals surface area contributed by atoms with Gasteiger partial charge in [-0.05, 0) is 12.1 Å². The molecule has 0 atom stereocenters. The number of halogens is 1. The van der Waals surface area contributed by atoms with Gasteiger partial charge in [-0.25, -0.2) is 4.68 Å². The number of benzene rings is 1. The fraction of sp³-hybridized carbons (Fsp3) is 0. The highest BCUT2D eigenvalue weighted by atomic mass is 19.1. The molecule has 3 nitrogen and oxygen atoms in total. The van der Waals surface area contributed by atoms with Gasteiger partial charge in [0.15, 0.2) is 0 Å². The second-order valence-electron chi connectivity index (χ2n) is 2.32. The summed E-state index contributed by atoms with van der Waals surface area (Å²) in [6.45, 7) is 0. The lowest BCUT2D eigenvalue weighted by molar-refractivity contribution is 0.579. The average Bonchev–Trinajstić information content (AvgIpc) is 2.54. The lowest BCUT2D eigenvalue weighted by atomic mass is 10.3. The smallest absolute Gasteiger partial charge is 0.218 e. The van der Waals surface area contributed by atoms with Crippen LogP contribution < -0.4 is 0 Å². The highest BCUT2D eigenvalue weighted by Crippen LogP contribution is 2.04. The molecular weight excluding hydrogens is 157 g/mol. The Morgan fingerprint density at radius 1 is 1.17 bits per heavy atom. The molecule has 12 heavy (non-hydrogen) atoms. The summed E-state index contributed by atoms with van der Waals surface area (Å²) in [5.74, 6) is -0.571. The third-order valence-electron chi connectivity index (χ3n) is 1.49. The van der Waals surface area contributed by atoms with Crippen LogP contribution in [0.1, 0.15) is 0 Å². The number of hydrogen-bond acceptors (Lipinski definition) is 2. The van der Waals surface area contributed by atoms with Crippen LogP contribution in [-0.4, -0.2) is 15.0 Å². The maximum atomic E-state index is 12.4. The molecule has 4 heteroatoms. The Morgan fingerprint density at radius 3 is 2.50 bits per heavy atom. The van der Waals surface area contributed by atoms with Gasteiger partial charge in [-0.1, -0.05) is 28.5 Å². The largest absolute Gasteiger partial charge is 0.253 e. The third kappa shape index (κ3) is 1.18. The number of hydrogen-bond donors (Lipinski definition) is 0. The van der Waals surface area contributed by atoms with Crippen LogP contribution in [0.15, 0.2) is 36.5 Å². The Morgan fingerprint density at radius 2 is 1.92 bits per heavy atom. The normalized spacial score (nSPS) is 10.1. The van der Waals surface area contributed by atoms with Gasteiger partial charge in [0.05, 0.1) is 11.9 Å². The first-order valence-electron chi connectivity index (χ1n) is 3.49. The van der Waals surface area contributed by atoms with Crippen LogP contribution in [0.5, 0.6) is 0 Å². The second-order valence-corrected chi connectivity index (χ2v) is 2.32. The molecule has 0 saturated heterocycles. The van der Waals surface area contributed by atoms with Crippen molar-refractivity contribution in [3.05, 3.63) is 42.5 Å². The van der Waals surface area contributed by atoms with E-state index in [1.54, 1.807) is 0 Å². The van der Waals surface area contributed by atoms with Crippen molar-refractivity contribution in [2.24, 2.45) is 0 Å². The van der Waals surface area contributed by atoms with E-state index in [2.05, 4.69) is 10.3 Å². The quantitative estimate of drug-likeness (QED) is 0.636. The summed E-state index contributed by atoms with van der Waals surface area (Å²) in [5, 5.41) is 6.82. The molecule has 0 aliphatic rings. The van der Waals surface area contributed by atoms with Crippen LogP contribution in [-0.2, 0) is 0 Å². The molecule has 0 aliphatic carbocycles. The fourth-order valence-corrected chi connectivity index (χ4v) is 0.950. The van der Waals surface area contributed by atoms with Crippen molar-refractivity contribution in [1.82, 2.24) is 15.0 Å². The van der Waals surface area contributed by atoms with E-state index < -0.39 is 5.95 Å². The van der Waals surface area contributed by atoms with E-state index in [1.807, 2.05) is 30.3 Å². The van der Waals surface area contributed by atoms with Crippen molar-refractivity contribution < 1.29 is 4.39 Å². The molecule has 0 fully saturated rings. The van der Waals surface area contributed by atoms with E-state index in [1.165, 1.54) is 10.9 Å². The molecule has 0 N–H and O–H groups in total. The molecule has 0 amide bonds. The maximum absolute atomic E-state index is 12.4. The SMILES string of the molecule is Fc1cn(-c2ccccc2)nn1. The Balaban J connectivity index is 2.45. The van der Waals surface area contributed by atoms with Gasteiger partial charge in [0.2, 0.25) is 0 Å². The molecule has 2 aromatic rings. The molecule has 0 saturated carbocycles. The van der Waals surface area contributed by atoms with Gasteiger partial charge >= 0.3 is 0 Å². The number of aromatic nitrogens is 3. The van der Waals surface area contributed by atoms with Crippen LogP contribution in [0.2, 0.25) is 0 Å².